The van der Waals surface area contributed by atoms with Gasteiger partial charge in [0, 0.05) is 22.3 Å². The van der Waals surface area contributed by atoms with E-state index < -0.39 is 12.2 Å². The Kier molecular flexibility index (Phi) is 9.26. The molecule has 0 aliphatic heterocycles. The van der Waals surface area contributed by atoms with Crippen molar-refractivity contribution >= 4 is 39.0 Å². The van der Waals surface area contributed by atoms with E-state index in [-0.39, 0.29) is 12.4 Å². The van der Waals surface area contributed by atoms with Crippen LogP contribution in [0.4, 0.5) is 10.5 Å². The van der Waals surface area contributed by atoms with E-state index >= 15 is 0 Å². The molecule has 8 heteroatoms. The van der Waals surface area contributed by atoms with Crippen LogP contribution in [0, 0.1) is 5.41 Å². The molecule has 4 aromatic carbocycles. The van der Waals surface area contributed by atoms with Gasteiger partial charge in [0.1, 0.15) is 18.2 Å². The second-order valence-electron chi connectivity index (χ2n) is 9.50. The molecule has 5 N–H and O–H groups in total. The molecule has 7 nitrogen and oxygen atoms in total. The number of fused-ring (bicyclic) bond motifs is 1. The van der Waals surface area contributed by atoms with Crippen molar-refractivity contribution in [3.05, 3.63) is 131 Å². The number of benzene rings is 4. The van der Waals surface area contributed by atoms with Gasteiger partial charge in [-0.05, 0) is 53.9 Å². The van der Waals surface area contributed by atoms with Gasteiger partial charge in [-0.15, -0.1) is 11.3 Å². The molecule has 0 fully saturated rings. The fourth-order valence-corrected chi connectivity index (χ4v) is 5.44. The summed E-state index contributed by atoms with van der Waals surface area (Å²) in [5, 5.41) is 15.0. The van der Waals surface area contributed by atoms with Crippen LogP contribution in [0.15, 0.2) is 109 Å². The Morgan fingerprint density at radius 2 is 1.63 bits per heavy atom. The molecule has 1 unspecified atom stereocenters. The molecule has 0 saturated carbocycles. The zero-order valence-corrected chi connectivity index (χ0v) is 23.3. The Morgan fingerprint density at radius 3 is 2.41 bits per heavy atom. The Hall–Kier alpha value is -4.66. The minimum atomic E-state index is -0.549. The van der Waals surface area contributed by atoms with E-state index in [9.17, 15) is 4.79 Å². The van der Waals surface area contributed by atoms with Crippen molar-refractivity contribution in [1.29, 1.82) is 5.41 Å². The van der Waals surface area contributed by atoms with Crippen LogP contribution in [-0.4, -0.2) is 25.1 Å². The van der Waals surface area contributed by atoms with Gasteiger partial charge in [-0.3, -0.25) is 10.7 Å². The zero-order valence-electron chi connectivity index (χ0n) is 22.5. The number of carbonyl (C=O) groups excluding carboxylic acids is 1. The van der Waals surface area contributed by atoms with Gasteiger partial charge in [-0.2, -0.15) is 0 Å². The van der Waals surface area contributed by atoms with Gasteiger partial charge in [-0.1, -0.05) is 84.9 Å². The van der Waals surface area contributed by atoms with Crippen molar-refractivity contribution in [3.8, 4) is 5.75 Å². The molecule has 0 saturated heterocycles. The normalized spacial score (nSPS) is 11.6. The first kappa shape index (κ1) is 27.9. The molecule has 1 amide bonds. The molecule has 41 heavy (non-hydrogen) atoms. The number of nitrogens with two attached hydrogens (primary N) is 1. The average molecular weight is 565 g/mol. The van der Waals surface area contributed by atoms with Crippen LogP contribution >= 0.6 is 11.3 Å². The monoisotopic (exact) mass is 564 g/mol. The Morgan fingerprint density at radius 1 is 0.902 bits per heavy atom. The largest absolute Gasteiger partial charge is 0.481 e. The topological polar surface area (TPSA) is 109 Å². The lowest BCUT2D eigenvalue weighted by atomic mass is 10.1. The van der Waals surface area contributed by atoms with Gasteiger partial charge in [0.25, 0.3) is 0 Å². The van der Waals surface area contributed by atoms with E-state index in [1.807, 2.05) is 97.1 Å². The van der Waals surface area contributed by atoms with Crippen LogP contribution in [0.5, 0.6) is 5.75 Å². The number of para-hydroxylation sites is 1. The number of nitrogen functional groups attached to an aromatic ring is 1. The van der Waals surface area contributed by atoms with Crippen LogP contribution < -0.4 is 21.1 Å². The molecule has 0 aliphatic carbocycles. The van der Waals surface area contributed by atoms with E-state index in [2.05, 4.69) is 22.8 Å². The van der Waals surface area contributed by atoms with Crippen molar-refractivity contribution < 1.29 is 14.3 Å². The summed E-state index contributed by atoms with van der Waals surface area (Å²) in [6, 6.07) is 35.3. The number of nitrogens with one attached hydrogen (secondary N) is 3. The highest BCUT2D eigenvalue weighted by atomic mass is 32.1. The fraction of sp³-hybridized carbons (Fsp3) is 0.152. The van der Waals surface area contributed by atoms with Crippen molar-refractivity contribution in [1.82, 2.24) is 5.32 Å². The predicted octanol–water partition coefficient (Wildman–Crippen LogP) is 6.89. The predicted molar refractivity (Wildman–Crippen MR) is 166 cm³/mol. The van der Waals surface area contributed by atoms with E-state index in [0.717, 1.165) is 46.4 Å². The number of anilines is 1. The summed E-state index contributed by atoms with van der Waals surface area (Å²) in [4.78, 5) is 13.6. The fourth-order valence-electron chi connectivity index (χ4n) is 4.50. The van der Waals surface area contributed by atoms with E-state index in [1.165, 1.54) is 16.9 Å². The molecule has 0 aliphatic rings. The number of amidine groups is 1. The maximum atomic E-state index is 12.9. The molecule has 0 spiro atoms. The summed E-state index contributed by atoms with van der Waals surface area (Å²) in [5.74, 6) is 0.654. The Labute approximate surface area is 243 Å². The van der Waals surface area contributed by atoms with Crippen molar-refractivity contribution in [2.45, 2.75) is 19.1 Å². The van der Waals surface area contributed by atoms with Gasteiger partial charge in [0.2, 0.25) is 0 Å². The van der Waals surface area contributed by atoms with Crippen molar-refractivity contribution in [3.63, 3.8) is 0 Å². The third kappa shape index (κ3) is 7.51. The third-order valence-electron chi connectivity index (χ3n) is 6.59. The lowest BCUT2D eigenvalue weighted by Crippen LogP contribution is -2.22. The van der Waals surface area contributed by atoms with E-state index in [1.54, 1.807) is 0 Å². The number of ether oxygens (including phenoxy) is 2. The average Bonchev–Trinajstić information content (AvgIpc) is 3.45. The van der Waals surface area contributed by atoms with Gasteiger partial charge in [0.15, 0.2) is 6.10 Å². The maximum absolute atomic E-state index is 12.9. The summed E-state index contributed by atoms with van der Waals surface area (Å²) in [5.41, 5.74) is 9.56. The summed E-state index contributed by atoms with van der Waals surface area (Å²) < 4.78 is 13.1. The molecule has 5 rings (SSSR count). The number of amides is 1. The van der Waals surface area contributed by atoms with E-state index in [0.29, 0.717) is 10.6 Å². The van der Waals surface area contributed by atoms with Crippen molar-refractivity contribution in [2.75, 3.05) is 18.5 Å². The molecule has 0 radical (unpaired) electrons. The number of hydrogen-bond donors (Lipinski definition) is 4. The Balaban J connectivity index is 1.23. The van der Waals surface area contributed by atoms with Crippen molar-refractivity contribution in [2.24, 2.45) is 5.73 Å². The smallest absolute Gasteiger partial charge is 0.411 e. The lowest BCUT2D eigenvalue weighted by molar-refractivity contribution is 0.0910. The quantitative estimate of drug-likeness (QED) is 0.0750. The van der Waals surface area contributed by atoms with Crippen LogP contribution in [0.1, 0.15) is 27.7 Å². The number of hydrogen-bond acceptors (Lipinski definition) is 6. The number of rotatable bonds is 12. The first-order chi connectivity index (χ1) is 20.1. The van der Waals surface area contributed by atoms with Crippen LogP contribution in [0.3, 0.4) is 0 Å². The summed E-state index contributed by atoms with van der Waals surface area (Å²) in [6.07, 6.45) is -0.330. The van der Waals surface area contributed by atoms with Gasteiger partial charge in [0.05, 0.1) is 4.88 Å². The second kappa shape index (κ2) is 13.6. The maximum Gasteiger partial charge on any atom is 0.411 e. The molecular weight excluding hydrogens is 532 g/mol. The molecule has 208 valence electrons. The van der Waals surface area contributed by atoms with Crippen LogP contribution in [-0.2, 0) is 17.7 Å². The molecule has 5 aromatic rings. The van der Waals surface area contributed by atoms with Gasteiger partial charge in [-0.25, -0.2) is 4.79 Å². The molecular formula is C33H32N4O3S. The lowest BCUT2D eigenvalue weighted by Gasteiger charge is -2.20. The van der Waals surface area contributed by atoms with E-state index in [4.69, 9.17) is 20.6 Å². The highest BCUT2D eigenvalue weighted by Gasteiger charge is 2.19. The molecule has 1 aromatic heterocycles. The highest BCUT2D eigenvalue weighted by molar-refractivity contribution is 7.20. The number of carbonyl (C=O) groups is 1. The van der Waals surface area contributed by atoms with Crippen LogP contribution in [0.2, 0.25) is 0 Å². The molecule has 1 heterocycles. The minimum Gasteiger partial charge on any atom is -0.481 e. The highest BCUT2D eigenvalue weighted by Crippen LogP contribution is 2.35. The van der Waals surface area contributed by atoms with Crippen LogP contribution in [0.25, 0.3) is 10.1 Å². The molecule has 1 atom stereocenters. The Bertz CT molecular complexity index is 1610. The third-order valence-corrected chi connectivity index (χ3v) is 7.72. The zero-order chi connectivity index (χ0) is 28.4. The number of thiophene rings is 1. The summed E-state index contributed by atoms with van der Waals surface area (Å²) in [7, 11) is 0. The van der Waals surface area contributed by atoms with Gasteiger partial charge < -0.3 is 20.5 Å². The summed E-state index contributed by atoms with van der Waals surface area (Å²) in [6.45, 7) is 1.57. The first-order valence-electron chi connectivity index (χ1n) is 13.4. The summed E-state index contributed by atoms with van der Waals surface area (Å²) >= 11 is 1.44. The first-order valence-corrected chi connectivity index (χ1v) is 14.2. The molecule has 0 bridgehead atoms. The van der Waals surface area contributed by atoms with Gasteiger partial charge >= 0.3 is 6.09 Å². The SMILES string of the molecule is N=C(N)c1cc2c(OC(COC(=O)Nc3ccccc3CCNCc3ccccc3)c3ccccc3)cccc2s1. The second-order valence-corrected chi connectivity index (χ2v) is 10.6. The standard InChI is InChI=1S/C33H32N4O3S/c34-32(35)31-20-26-28(16-9-17-30(26)41-31)40-29(25-13-5-2-6-14-25)22-39-33(38)37-27-15-8-7-12-24(27)18-19-36-21-23-10-3-1-4-11-23/h1-17,20,29,36H,18-19,21-22H2,(H3,34,35)(H,37,38). The minimum absolute atomic E-state index is 0.0106.